The van der Waals surface area contributed by atoms with E-state index in [1.165, 1.54) is 23.2 Å². The van der Waals surface area contributed by atoms with Crippen molar-refractivity contribution in [3.8, 4) is 0 Å². The van der Waals surface area contributed by atoms with Crippen LogP contribution in [0.2, 0.25) is 5.02 Å². The normalized spacial score (nSPS) is 10.3. The molecule has 0 aliphatic rings. The van der Waals surface area contributed by atoms with E-state index in [0.29, 0.717) is 23.6 Å². The highest BCUT2D eigenvalue weighted by atomic mass is 35.5. The van der Waals surface area contributed by atoms with Crippen LogP contribution < -0.4 is 10.2 Å². The molecule has 0 radical (unpaired) electrons. The van der Waals surface area contributed by atoms with E-state index in [1.807, 2.05) is 6.92 Å². The van der Waals surface area contributed by atoms with Crippen molar-refractivity contribution in [1.82, 2.24) is 4.98 Å². The minimum atomic E-state index is -0.346. The van der Waals surface area contributed by atoms with Crippen LogP contribution in [0.25, 0.3) is 0 Å². The molecule has 1 heterocycles. The number of aromatic nitrogens is 1. The van der Waals surface area contributed by atoms with Gasteiger partial charge in [-0.05, 0) is 37.3 Å². The largest absolute Gasteiger partial charge is 0.373 e. The molecule has 0 spiro atoms. The predicted molar refractivity (Wildman–Crippen MR) is 82.5 cm³/mol. The molecule has 110 valence electrons. The summed E-state index contributed by atoms with van der Waals surface area (Å²) in [7, 11) is 1.71. The summed E-state index contributed by atoms with van der Waals surface area (Å²) in [6.45, 7) is 2.29. The molecule has 1 N–H and O–H groups in total. The van der Waals surface area contributed by atoms with Gasteiger partial charge in [0.2, 0.25) is 0 Å². The van der Waals surface area contributed by atoms with Gasteiger partial charge in [0, 0.05) is 25.5 Å². The van der Waals surface area contributed by atoms with Crippen molar-refractivity contribution < 1.29 is 9.18 Å². The average molecular weight is 308 g/mol. The average Bonchev–Trinajstić information content (AvgIpc) is 2.50. The van der Waals surface area contributed by atoms with Gasteiger partial charge in [0.15, 0.2) is 0 Å². The first-order valence-corrected chi connectivity index (χ1v) is 6.85. The molecule has 6 heteroatoms. The molecule has 0 saturated heterocycles. The van der Waals surface area contributed by atoms with Gasteiger partial charge < -0.3 is 10.2 Å². The second-order valence-corrected chi connectivity index (χ2v) is 4.73. The molecule has 2 rings (SSSR count). The number of benzene rings is 1. The highest BCUT2D eigenvalue weighted by molar-refractivity contribution is 6.34. The van der Waals surface area contributed by atoms with Crippen molar-refractivity contribution in [2.75, 3.05) is 23.8 Å². The Bertz CT molecular complexity index is 646. The van der Waals surface area contributed by atoms with E-state index in [-0.39, 0.29) is 16.7 Å². The van der Waals surface area contributed by atoms with Crippen molar-refractivity contribution in [1.29, 1.82) is 0 Å². The molecule has 2 aromatic rings. The van der Waals surface area contributed by atoms with E-state index in [9.17, 15) is 9.18 Å². The quantitative estimate of drug-likeness (QED) is 0.939. The predicted octanol–water partition coefficient (Wildman–Crippen LogP) is 3.58. The van der Waals surface area contributed by atoms with Crippen molar-refractivity contribution in [2.45, 2.75) is 6.92 Å². The number of amides is 1. The van der Waals surface area contributed by atoms with Crippen LogP contribution in [-0.4, -0.2) is 24.5 Å². The lowest BCUT2D eigenvalue weighted by molar-refractivity contribution is 0.0988. The van der Waals surface area contributed by atoms with Crippen LogP contribution >= 0.6 is 11.6 Å². The number of hydrogen-bond donors (Lipinski definition) is 1. The van der Waals surface area contributed by atoms with Crippen LogP contribution in [0.1, 0.15) is 17.3 Å². The molecule has 1 aromatic heterocycles. The Morgan fingerprint density at radius 2 is 2.05 bits per heavy atom. The Hall–Kier alpha value is -2.14. The van der Waals surface area contributed by atoms with Gasteiger partial charge in [0.1, 0.15) is 11.6 Å². The third kappa shape index (κ3) is 3.31. The zero-order valence-electron chi connectivity index (χ0n) is 11.7. The molecule has 1 amide bonds. The number of nitrogens with zero attached hydrogens (tertiary/aromatic N) is 2. The molecule has 0 fully saturated rings. The summed E-state index contributed by atoms with van der Waals surface area (Å²) in [5.41, 5.74) is 0.963. The second kappa shape index (κ2) is 6.54. The van der Waals surface area contributed by atoms with Crippen LogP contribution in [-0.2, 0) is 0 Å². The van der Waals surface area contributed by atoms with Gasteiger partial charge in [-0.25, -0.2) is 9.37 Å². The lowest BCUT2D eigenvalue weighted by atomic mass is 10.2. The summed E-state index contributed by atoms with van der Waals surface area (Å²) in [6, 6.07) is 7.35. The van der Waals surface area contributed by atoms with E-state index in [0.717, 1.165) is 0 Å². The molecule has 1 aromatic carbocycles. The van der Waals surface area contributed by atoms with E-state index in [4.69, 9.17) is 11.6 Å². The van der Waals surface area contributed by atoms with Crippen LogP contribution in [0.4, 0.5) is 15.9 Å². The maximum absolute atomic E-state index is 13.0. The first-order chi connectivity index (χ1) is 10.1. The first-order valence-electron chi connectivity index (χ1n) is 6.47. The number of hydrogen-bond acceptors (Lipinski definition) is 3. The third-order valence-electron chi connectivity index (χ3n) is 3.04. The molecule has 0 aliphatic heterocycles. The van der Waals surface area contributed by atoms with Gasteiger partial charge in [-0.2, -0.15) is 0 Å². The molecule has 0 aliphatic carbocycles. The fourth-order valence-corrected chi connectivity index (χ4v) is 2.13. The standard InChI is InChI=1S/C15H15ClFN3O/c1-3-20(11-6-4-10(17)5-7-11)15(21)12-8-14(18-2)19-9-13(12)16/h4-9H,3H2,1-2H3,(H,18,19). The van der Waals surface area contributed by atoms with E-state index >= 15 is 0 Å². The maximum atomic E-state index is 13.0. The summed E-state index contributed by atoms with van der Waals surface area (Å²) in [5, 5.41) is 3.14. The monoisotopic (exact) mass is 307 g/mol. The minimum Gasteiger partial charge on any atom is -0.373 e. The van der Waals surface area contributed by atoms with Crippen LogP contribution in [0.15, 0.2) is 36.5 Å². The molecule has 0 unspecified atom stereocenters. The number of nitrogens with one attached hydrogen (secondary N) is 1. The van der Waals surface area contributed by atoms with Crippen molar-refractivity contribution in [3.05, 3.63) is 52.9 Å². The molecule has 0 bridgehead atoms. The van der Waals surface area contributed by atoms with E-state index < -0.39 is 0 Å². The molecule has 0 atom stereocenters. The van der Waals surface area contributed by atoms with Crippen LogP contribution in [0.5, 0.6) is 0 Å². The Morgan fingerprint density at radius 3 is 2.62 bits per heavy atom. The molecular formula is C15H15ClFN3O. The molecular weight excluding hydrogens is 293 g/mol. The van der Waals surface area contributed by atoms with Crippen molar-refractivity contribution >= 4 is 29.0 Å². The Labute approximate surface area is 127 Å². The highest BCUT2D eigenvalue weighted by Gasteiger charge is 2.19. The van der Waals surface area contributed by atoms with Crippen LogP contribution in [0, 0.1) is 5.82 Å². The Kier molecular flexibility index (Phi) is 4.75. The Balaban J connectivity index is 2.38. The lowest BCUT2D eigenvalue weighted by Gasteiger charge is -2.21. The van der Waals surface area contributed by atoms with Gasteiger partial charge in [0.05, 0.1) is 10.6 Å². The minimum absolute atomic E-state index is 0.256. The first kappa shape index (κ1) is 15.3. The fraction of sp³-hybridized carbons (Fsp3) is 0.200. The summed E-state index contributed by atoms with van der Waals surface area (Å²) >= 11 is 6.06. The van der Waals surface area contributed by atoms with E-state index in [2.05, 4.69) is 10.3 Å². The number of carbonyl (C=O) groups is 1. The van der Waals surface area contributed by atoms with Gasteiger partial charge in [-0.15, -0.1) is 0 Å². The molecule has 0 saturated carbocycles. The molecule has 4 nitrogen and oxygen atoms in total. The SMILES string of the molecule is CCN(C(=O)c1cc(NC)ncc1Cl)c1ccc(F)cc1. The number of rotatable bonds is 4. The lowest BCUT2D eigenvalue weighted by Crippen LogP contribution is -2.31. The second-order valence-electron chi connectivity index (χ2n) is 4.33. The van der Waals surface area contributed by atoms with Gasteiger partial charge >= 0.3 is 0 Å². The maximum Gasteiger partial charge on any atom is 0.259 e. The summed E-state index contributed by atoms with van der Waals surface area (Å²) in [6.07, 6.45) is 1.43. The number of pyridine rings is 1. The summed E-state index contributed by atoms with van der Waals surface area (Å²) < 4.78 is 13.0. The number of carbonyl (C=O) groups excluding carboxylic acids is 1. The van der Waals surface area contributed by atoms with Gasteiger partial charge in [-0.1, -0.05) is 11.6 Å². The number of halogens is 2. The summed E-state index contributed by atoms with van der Waals surface area (Å²) in [4.78, 5) is 18.2. The van der Waals surface area contributed by atoms with Crippen molar-refractivity contribution in [3.63, 3.8) is 0 Å². The van der Waals surface area contributed by atoms with Crippen molar-refractivity contribution in [2.24, 2.45) is 0 Å². The van der Waals surface area contributed by atoms with E-state index in [1.54, 1.807) is 25.2 Å². The fourth-order valence-electron chi connectivity index (χ4n) is 1.95. The zero-order chi connectivity index (χ0) is 15.4. The topological polar surface area (TPSA) is 45.2 Å². The van der Waals surface area contributed by atoms with Gasteiger partial charge in [-0.3, -0.25) is 4.79 Å². The zero-order valence-corrected chi connectivity index (χ0v) is 12.5. The van der Waals surface area contributed by atoms with Crippen LogP contribution in [0.3, 0.4) is 0 Å². The highest BCUT2D eigenvalue weighted by Crippen LogP contribution is 2.23. The molecule has 21 heavy (non-hydrogen) atoms. The Morgan fingerprint density at radius 1 is 1.38 bits per heavy atom. The summed E-state index contributed by atoms with van der Waals surface area (Å²) in [5.74, 6) is -0.0485. The number of anilines is 2. The smallest absolute Gasteiger partial charge is 0.259 e. The van der Waals surface area contributed by atoms with Gasteiger partial charge in [0.25, 0.3) is 5.91 Å². The third-order valence-corrected chi connectivity index (χ3v) is 3.34.